The monoisotopic (exact) mass is 609 g/mol. The average Bonchev–Trinajstić information content (AvgIpc) is 2.98. The average molecular weight is 610 g/mol. The largest absolute Gasteiger partial charge is 0.433 e. The van der Waals surface area contributed by atoms with Gasteiger partial charge in [0, 0.05) is 20.1 Å². The van der Waals surface area contributed by atoms with Gasteiger partial charge in [-0.05, 0) is 114 Å². The Morgan fingerprint density at radius 1 is 1.05 bits per heavy atom. The van der Waals surface area contributed by atoms with Gasteiger partial charge in [0.2, 0.25) is 0 Å². The van der Waals surface area contributed by atoms with Gasteiger partial charge in [-0.25, -0.2) is 0 Å². The molecular formula is C37H65F2NO3. The molecule has 0 radical (unpaired) electrons. The molecule has 3 atom stereocenters. The SMILES string of the molecule is CC1CCOCC1.CCC(C)CC1(CC)CCC(OC(/C=C(/C)C(C)CC)NC)CC1.Cc1ccc(OC(C)(F)F)cc1. The fraction of sp³-hybridized carbons (Fsp3) is 0.784. The first kappa shape index (κ1) is 39.5. The highest BCUT2D eigenvalue weighted by molar-refractivity contribution is 5.26. The minimum Gasteiger partial charge on any atom is -0.433 e. The Morgan fingerprint density at radius 3 is 2.05 bits per heavy atom. The summed E-state index contributed by atoms with van der Waals surface area (Å²) in [7, 11) is 2.01. The fourth-order valence-corrected chi connectivity index (χ4v) is 5.68. The summed E-state index contributed by atoms with van der Waals surface area (Å²) in [5.41, 5.74) is 3.03. The maximum absolute atomic E-state index is 12.3. The van der Waals surface area contributed by atoms with Crippen LogP contribution >= 0.6 is 0 Å². The normalized spacial score (nSPS) is 23.6. The van der Waals surface area contributed by atoms with Gasteiger partial charge >= 0.3 is 6.11 Å². The minimum atomic E-state index is -3.10. The van der Waals surface area contributed by atoms with Gasteiger partial charge in [0.15, 0.2) is 0 Å². The van der Waals surface area contributed by atoms with E-state index < -0.39 is 6.11 Å². The Morgan fingerprint density at radius 2 is 1.63 bits per heavy atom. The number of aryl methyl sites for hydroxylation is 1. The van der Waals surface area contributed by atoms with Crippen molar-refractivity contribution in [3.63, 3.8) is 0 Å². The minimum absolute atomic E-state index is 0.0627. The van der Waals surface area contributed by atoms with E-state index in [9.17, 15) is 8.78 Å². The van der Waals surface area contributed by atoms with Crippen LogP contribution in [0.3, 0.4) is 0 Å². The highest BCUT2D eigenvalue weighted by Gasteiger charge is 2.35. The second-order valence-electron chi connectivity index (χ2n) is 13.4. The first-order valence-corrected chi connectivity index (χ1v) is 17.0. The lowest BCUT2D eigenvalue weighted by molar-refractivity contribution is -0.158. The summed E-state index contributed by atoms with van der Waals surface area (Å²) in [6.45, 7) is 20.8. The van der Waals surface area contributed by atoms with Crippen molar-refractivity contribution in [2.24, 2.45) is 23.2 Å². The van der Waals surface area contributed by atoms with Crippen molar-refractivity contribution < 1.29 is 23.0 Å². The molecule has 4 nitrogen and oxygen atoms in total. The Bertz CT molecular complexity index is 869. The zero-order chi connectivity index (χ0) is 32.5. The van der Waals surface area contributed by atoms with Crippen LogP contribution in [0.5, 0.6) is 5.75 Å². The molecule has 2 aliphatic rings. The summed E-state index contributed by atoms with van der Waals surface area (Å²) >= 11 is 0. The second kappa shape index (κ2) is 20.5. The van der Waals surface area contributed by atoms with Crippen molar-refractivity contribution in [2.45, 2.75) is 145 Å². The van der Waals surface area contributed by atoms with E-state index in [4.69, 9.17) is 9.47 Å². The first-order chi connectivity index (χ1) is 20.3. The fourth-order valence-electron chi connectivity index (χ4n) is 5.68. The number of hydrogen-bond donors (Lipinski definition) is 1. The summed E-state index contributed by atoms with van der Waals surface area (Å²) in [4.78, 5) is 0. The van der Waals surface area contributed by atoms with Gasteiger partial charge in [0.1, 0.15) is 12.0 Å². The molecule has 0 spiro atoms. The van der Waals surface area contributed by atoms with E-state index >= 15 is 0 Å². The van der Waals surface area contributed by atoms with Crippen LogP contribution in [0.4, 0.5) is 8.78 Å². The summed E-state index contributed by atoms with van der Waals surface area (Å²) in [6.07, 6.45) is 12.5. The molecule has 1 N–H and O–H groups in total. The van der Waals surface area contributed by atoms with E-state index in [1.54, 1.807) is 12.1 Å². The van der Waals surface area contributed by atoms with Crippen LogP contribution < -0.4 is 10.1 Å². The van der Waals surface area contributed by atoms with E-state index in [1.165, 1.54) is 81.9 Å². The molecule has 43 heavy (non-hydrogen) atoms. The van der Waals surface area contributed by atoms with Crippen LogP contribution in [-0.2, 0) is 9.47 Å². The second-order valence-corrected chi connectivity index (χ2v) is 13.4. The van der Waals surface area contributed by atoms with Gasteiger partial charge in [0.05, 0.1) is 6.10 Å². The quantitative estimate of drug-likeness (QED) is 0.189. The third kappa shape index (κ3) is 17.0. The lowest BCUT2D eigenvalue weighted by Gasteiger charge is -2.42. The van der Waals surface area contributed by atoms with Gasteiger partial charge in [-0.2, -0.15) is 8.78 Å². The number of alkyl halides is 2. The highest BCUT2D eigenvalue weighted by atomic mass is 19.3. The van der Waals surface area contributed by atoms with Crippen LogP contribution in [0.25, 0.3) is 0 Å². The van der Waals surface area contributed by atoms with E-state index in [0.717, 1.165) is 30.6 Å². The molecule has 250 valence electrons. The summed E-state index contributed by atoms with van der Waals surface area (Å²) in [6, 6.07) is 6.49. The van der Waals surface area contributed by atoms with Crippen molar-refractivity contribution in [1.82, 2.24) is 5.32 Å². The third-order valence-corrected chi connectivity index (χ3v) is 9.48. The van der Waals surface area contributed by atoms with Gasteiger partial charge in [-0.3, -0.25) is 5.32 Å². The summed E-state index contributed by atoms with van der Waals surface area (Å²) in [5, 5.41) is 3.34. The number of nitrogens with one attached hydrogen (secondary N) is 1. The van der Waals surface area contributed by atoms with E-state index in [-0.39, 0.29) is 12.0 Å². The van der Waals surface area contributed by atoms with E-state index in [0.29, 0.717) is 24.4 Å². The lowest BCUT2D eigenvalue weighted by Crippen LogP contribution is -2.37. The number of likely N-dealkylation sites (N-methyl/N-ethyl adjacent to an activating group) is 1. The third-order valence-electron chi connectivity index (χ3n) is 9.48. The van der Waals surface area contributed by atoms with Crippen LogP contribution in [-0.4, -0.2) is 38.7 Å². The number of allylic oxidation sites excluding steroid dienone is 1. The smallest absolute Gasteiger partial charge is 0.394 e. The van der Waals surface area contributed by atoms with Crippen LogP contribution in [0.15, 0.2) is 35.9 Å². The van der Waals surface area contributed by atoms with E-state index in [1.807, 2.05) is 14.0 Å². The number of hydrogen-bond acceptors (Lipinski definition) is 4. The van der Waals surface area contributed by atoms with Crippen LogP contribution in [0.1, 0.15) is 125 Å². The maximum atomic E-state index is 12.3. The molecule has 1 saturated carbocycles. The Kier molecular flexibility index (Phi) is 18.9. The summed E-state index contributed by atoms with van der Waals surface area (Å²) in [5.74, 6) is 2.59. The van der Waals surface area contributed by atoms with Gasteiger partial charge < -0.3 is 14.2 Å². The predicted molar refractivity (Wildman–Crippen MR) is 178 cm³/mol. The Balaban J connectivity index is 0.000000397. The molecule has 1 aromatic carbocycles. The van der Waals surface area contributed by atoms with E-state index in [2.05, 4.69) is 64.6 Å². The number of benzene rings is 1. The highest BCUT2D eigenvalue weighted by Crippen LogP contribution is 2.45. The van der Waals surface area contributed by atoms with Crippen molar-refractivity contribution in [3.8, 4) is 5.75 Å². The van der Waals surface area contributed by atoms with Crippen molar-refractivity contribution in [1.29, 1.82) is 0 Å². The molecular weight excluding hydrogens is 544 g/mol. The Labute approximate surface area is 263 Å². The molecule has 1 saturated heterocycles. The molecule has 0 aromatic heterocycles. The standard InChI is InChI=1S/C22H43NO.C9H10F2O.C6H12O/c1-8-17(4)16-22(10-3)13-11-20(12-14-22)24-21(23-7)15-19(6)18(5)9-2;1-7-3-5-8(6-4-7)12-9(2,10)11;1-6-2-4-7-5-3-6/h15,17-18,20-21,23H,8-14,16H2,1-7H3;3-6H,1-2H3;6H,2-5H2,1H3/b19-15-;;. The zero-order valence-electron chi connectivity index (χ0n) is 29.2. The van der Waals surface area contributed by atoms with Crippen molar-refractivity contribution in [2.75, 3.05) is 20.3 Å². The van der Waals surface area contributed by atoms with Crippen molar-refractivity contribution in [3.05, 3.63) is 41.5 Å². The topological polar surface area (TPSA) is 39.7 Å². The molecule has 2 fully saturated rings. The van der Waals surface area contributed by atoms with Gasteiger partial charge in [-0.1, -0.05) is 77.7 Å². The molecule has 3 unspecified atom stereocenters. The predicted octanol–water partition coefficient (Wildman–Crippen LogP) is 10.7. The molecule has 1 aliphatic heterocycles. The molecule has 0 amide bonds. The molecule has 6 heteroatoms. The zero-order valence-corrected chi connectivity index (χ0v) is 29.2. The molecule has 1 aromatic rings. The van der Waals surface area contributed by atoms with Gasteiger partial charge in [-0.15, -0.1) is 0 Å². The molecule has 3 rings (SSSR count). The number of ether oxygens (including phenoxy) is 3. The first-order valence-electron chi connectivity index (χ1n) is 17.0. The maximum Gasteiger partial charge on any atom is 0.394 e. The molecule has 1 aliphatic carbocycles. The lowest BCUT2D eigenvalue weighted by atomic mass is 9.67. The van der Waals surface area contributed by atoms with Crippen LogP contribution in [0, 0.1) is 30.1 Å². The van der Waals surface area contributed by atoms with Gasteiger partial charge in [0.25, 0.3) is 0 Å². The number of halogens is 2. The van der Waals surface area contributed by atoms with Crippen LogP contribution in [0.2, 0.25) is 0 Å². The molecule has 0 bridgehead atoms. The number of rotatable bonds is 12. The molecule has 1 heterocycles. The Hall–Kier alpha value is -1.50. The van der Waals surface area contributed by atoms with Crippen molar-refractivity contribution >= 4 is 0 Å². The summed E-state index contributed by atoms with van der Waals surface area (Å²) < 4.78 is 40.4.